The Morgan fingerprint density at radius 1 is 0.667 bits per heavy atom. The summed E-state index contributed by atoms with van der Waals surface area (Å²) in [5, 5.41) is 0.780. The second-order valence-electron chi connectivity index (χ2n) is 5.17. The highest BCUT2D eigenvalue weighted by Gasteiger charge is 2.03. The number of aromatic nitrogens is 1. The normalized spacial score (nSPS) is 10.5. The molecule has 1 nitrogen and oxygen atoms in total. The topological polar surface area (TPSA) is 3.88 Å². The summed E-state index contributed by atoms with van der Waals surface area (Å²) in [4.78, 5) is 0. The Morgan fingerprint density at radius 2 is 1.29 bits per heavy atom. The van der Waals surface area contributed by atoms with Crippen molar-refractivity contribution in [2.75, 3.05) is 0 Å². The largest absolute Gasteiger partial charge is 0.201 e. The number of hydrogen-bond acceptors (Lipinski definition) is 0. The van der Waals surface area contributed by atoms with Gasteiger partial charge in [-0.25, -0.2) is 4.57 Å². The fourth-order valence-corrected chi connectivity index (χ4v) is 2.47. The predicted molar refractivity (Wildman–Crippen MR) is 86.4 cm³/mol. The first-order valence-corrected chi connectivity index (χ1v) is 7.44. The zero-order valence-corrected chi connectivity index (χ0v) is 12.5. The summed E-state index contributed by atoms with van der Waals surface area (Å²) in [5.41, 5.74) is 3.92. The van der Waals surface area contributed by atoms with Gasteiger partial charge in [0.1, 0.15) is 0 Å². The van der Waals surface area contributed by atoms with Crippen molar-refractivity contribution < 1.29 is 4.57 Å². The van der Waals surface area contributed by atoms with Gasteiger partial charge in [-0.05, 0) is 29.7 Å². The molecule has 0 aliphatic rings. The molecule has 0 aliphatic heterocycles. The highest BCUT2D eigenvalue weighted by atomic mass is 35.5. The summed E-state index contributed by atoms with van der Waals surface area (Å²) >= 11 is 5.91. The molecule has 2 heteroatoms. The highest BCUT2D eigenvalue weighted by molar-refractivity contribution is 6.30. The molecule has 2 aromatic carbocycles. The molecule has 0 amide bonds. The Balaban J connectivity index is 1.68. The average molecular weight is 295 g/mol. The third kappa shape index (κ3) is 3.93. The zero-order valence-electron chi connectivity index (χ0n) is 11.7. The second kappa shape index (κ2) is 6.55. The lowest BCUT2D eigenvalue weighted by atomic mass is 10.1. The highest BCUT2D eigenvalue weighted by Crippen LogP contribution is 2.10. The van der Waals surface area contributed by atoms with Crippen molar-refractivity contribution >= 4 is 11.6 Å². The number of pyridine rings is 1. The van der Waals surface area contributed by atoms with E-state index in [4.69, 9.17) is 11.6 Å². The van der Waals surface area contributed by atoms with E-state index < -0.39 is 0 Å². The van der Waals surface area contributed by atoms with Gasteiger partial charge in [-0.15, -0.1) is 0 Å². The van der Waals surface area contributed by atoms with Crippen LogP contribution in [0.4, 0.5) is 0 Å². The Kier molecular flexibility index (Phi) is 4.32. The van der Waals surface area contributed by atoms with Crippen LogP contribution in [0.3, 0.4) is 0 Å². The first-order chi connectivity index (χ1) is 10.3. The third-order valence-corrected chi connectivity index (χ3v) is 3.74. The van der Waals surface area contributed by atoms with Gasteiger partial charge in [0.05, 0.1) is 0 Å². The van der Waals surface area contributed by atoms with Crippen LogP contribution in [0.2, 0.25) is 5.02 Å². The minimum atomic E-state index is 0.780. The molecule has 1 heterocycles. The van der Waals surface area contributed by atoms with Crippen LogP contribution in [0.5, 0.6) is 0 Å². The number of halogens is 1. The van der Waals surface area contributed by atoms with Crippen molar-refractivity contribution in [2.45, 2.75) is 13.0 Å². The van der Waals surface area contributed by atoms with E-state index in [9.17, 15) is 0 Å². The fourth-order valence-electron chi connectivity index (χ4n) is 2.34. The summed E-state index contributed by atoms with van der Waals surface area (Å²) in [6.45, 7) is 0.864. The van der Waals surface area contributed by atoms with E-state index in [1.54, 1.807) is 0 Å². The first-order valence-electron chi connectivity index (χ1n) is 7.06. The van der Waals surface area contributed by atoms with Crippen LogP contribution in [0.15, 0.2) is 79.1 Å². The van der Waals surface area contributed by atoms with Crippen LogP contribution in [-0.4, -0.2) is 0 Å². The molecule has 0 radical (unpaired) electrons. The van der Waals surface area contributed by atoms with Crippen LogP contribution < -0.4 is 4.57 Å². The van der Waals surface area contributed by atoms with E-state index in [1.165, 1.54) is 16.7 Å². The molecule has 21 heavy (non-hydrogen) atoms. The van der Waals surface area contributed by atoms with Gasteiger partial charge in [-0.3, -0.25) is 0 Å². The maximum atomic E-state index is 5.91. The number of hydrogen-bond donors (Lipinski definition) is 0. The summed E-state index contributed by atoms with van der Waals surface area (Å²) in [6.07, 6.45) is 5.24. The molecule has 0 aliphatic carbocycles. The lowest BCUT2D eigenvalue weighted by Crippen LogP contribution is -2.33. The molecule has 0 bridgehead atoms. The van der Waals surface area contributed by atoms with E-state index in [-0.39, 0.29) is 0 Å². The molecular weight excluding hydrogens is 278 g/mol. The molecule has 3 aromatic rings. The van der Waals surface area contributed by atoms with Crippen molar-refractivity contribution in [2.24, 2.45) is 0 Å². The number of nitrogens with zero attached hydrogens (tertiary/aromatic N) is 1. The van der Waals surface area contributed by atoms with E-state index in [0.717, 1.165) is 18.0 Å². The van der Waals surface area contributed by atoms with Crippen molar-refractivity contribution in [1.29, 1.82) is 0 Å². The van der Waals surface area contributed by atoms with Crippen molar-refractivity contribution in [3.63, 3.8) is 0 Å². The van der Waals surface area contributed by atoms with Crippen LogP contribution in [0, 0.1) is 0 Å². The SMILES string of the molecule is Clc1ccc(C[n+]2ccc(Cc3ccccc3)cc2)cc1. The van der Waals surface area contributed by atoms with Crippen LogP contribution in [0.25, 0.3) is 0 Å². The minimum absolute atomic E-state index is 0.780. The van der Waals surface area contributed by atoms with Gasteiger partial charge in [0.25, 0.3) is 0 Å². The number of benzene rings is 2. The molecule has 1 aromatic heterocycles. The lowest BCUT2D eigenvalue weighted by Gasteiger charge is -2.02. The molecule has 0 spiro atoms. The minimum Gasteiger partial charge on any atom is -0.201 e. The quantitative estimate of drug-likeness (QED) is 0.633. The Bertz CT molecular complexity index is 688. The van der Waals surface area contributed by atoms with E-state index in [0.29, 0.717) is 0 Å². The van der Waals surface area contributed by atoms with Gasteiger partial charge >= 0.3 is 0 Å². The first kappa shape index (κ1) is 13.8. The maximum absolute atomic E-state index is 5.91. The van der Waals surface area contributed by atoms with Gasteiger partial charge in [0, 0.05) is 22.7 Å². The summed E-state index contributed by atoms with van der Waals surface area (Å²) in [6, 6.07) is 22.9. The summed E-state index contributed by atoms with van der Waals surface area (Å²) < 4.78 is 2.18. The second-order valence-corrected chi connectivity index (χ2v) is 5.60. The molecule has 0 unspecified atom stereocenters. The summed E-state index contributed by atoms with van der Waals surface area (Å²) in [7, 11) is 0. The van der Waals surface area contributed by atoms with E-state index in [1.807, 2.05) is 12.1 Å². The molecule has 104 valence electrons. The van der Waals surface area contributed by atoms with Crippen LogP contribution in [0.1, 0.15) is 16.7 Å². The number of rotatable bonds is 4. The van der Waals surface area contributed by atoms with Gasteiger partial charge in [-0.2, -0.15) is 0 Å². The van der Waals surface area contributed by atoms with Gasteiger partial charge in [0.2, 0.25) is 0 Å². The van der Waals surface area contributed by atoms with Crippen molar-refractivity contribution in [3.05, 3.63) is 101 Å². The van der Waals surface area contributed by atoms with Crippen LogP contribution in [-0.2, 0) is 13.0 Å². The predicted octanol–water partition coefficient (Wildman–Crippen LogP) is 4.27. The van der Waals surface area contributed by atoms with Gasteiger partial charge < -0.3 is 0 Å². The van der Waals surface area contributed by atoms with Gasteiger partial charge in [-0.1, -0.05) is 54.1 Å². The fraction of sp³-hybridized carbons (Fsp3) is 0.105. The molecule has 3 rings (SSSR count). The molecule has 0 atom stereocenters. The molecule has 0 N–H and O–H groups in total. The van der Waals surface area contributed by atoms with E-state index >= 15 is 0 Å². The lowest BCUT2D eigenvalue weighted by molar-refractivity contribution is -0.688. The average Bonchev–Trinajstić information content (AvgIpc) is 2.53. The monoisotopic (exact) mass is 294 g/mol. The Morgan fingerprint density at radius 3 is 1.95 bits per heavy atom. The van der Waals surface area contributed by atoms with Crippen LogP contribution >= 0.6 is 11.6 Å². The zero-order chi connectivity index (χ0) is 14.5. The molecule has 0 saturated heterocycles. The van der Waals surface area contributed by atoms with Crippen molar-refractivity contribution in [1.82, 2.24) is 0 Å². The molecule has 0 fully saturated rings. The van der Waals surface area contributed by atoms with Gasteiger partial charge in [0.15, 0.2) is 18.9 Å². The Labute approximate surface area is 130 Å². The maximum Gasteiger partial charge on any atom is 0.173 e. The summed E-state index contributed by atoms with van der Waals surface area (Å²) in [5.74, 6) is 0. The van der Waals surface area contributed by atoms with E-state index in [2.05, 4.69) is 71.6 Å². The smallest absolute Gasteiger partial charge is 0.173 e. The standard InChI is InChI=1S/C19H17ClN/c20-19-8-6-18(7-9-19)15-21-12-10-17(11-13-21)14-16-4-2-1-3-5-16/h1-13H,14-15H2/q+1. The third-order valence-electron chi connectivity index (χ3n) is 3.49. The molecular formula is C19H17ClN+. The van der Waals surface area contributed by atoms with Crippen molar-refractivity contribution in [3.8, 4) is 0 Å². The molecule has 0 saturated carbocycles. The Hall–Kier alpha value is -2.12.